The Morgan fingerprint density at radius 2 is 2.00 bits per heavy atom. The summed E-state index contributed by atoms with van der Waals surface area (Å²) in [5, 5.41) is 34.2. The quantitative estimate of drug-likeness (QED) is 0.378. The van der Waals surface area contributed by atoms with Gasteiger partial charge in [0.1, 0.15) is 11.3 Å². The second kappa shape index (κ2) is 6.32. The Bertz CT molecular complexity index is 1010. The molecule has 1 aromatic heterocycles. The molecule has 0 atom stereocenters. The Morgan fingerprint density at radius 3 is 2.72 bits per heavy atom. The second-order valence-corrected chi connectivity index (χ2v) is 4.97. The van der Waals surface area contributed by atoms with Crippen LogP contribution in [-0.4, -0.2) is 27.3 Å². The summed E-state index contributed by atoms with van der Waals surface area (Å²) in [5.74, 6) is -1.26. The molecule has 0 unspecified atom stereocenters. The molecule has 3 aromatic rings. The summed E-state index contributed by atoms with van der Waals surface area (Å²) in [6.45, 7) is 0. The summed E-state index contributed by atoms with van der Waals surface area (Å²) >= 11 is 0. The van der Waals surface area contributed by atoms with Crippen LogP contribution in [0.3, 0.4) is 0 Å². The van der Waals surface area contributed by atoms with E-state index in [9.17, 15) is 25.1 Å². The van der Waals surface area contributed by atoms with Crippen molar-refractivity contribution in [1.29, 1.82) is 0 Å². The summed E-state index contributed by atoms with van der Waals surface area (Å²) < 4.78 is 5.32. The molecule has 0 radical (unpaired) electrons. The van der Waals surface area contributed by atoms with E-state index < -0.39 is 10.8 Å². The number of nitro benzene ring substituents is 1. The second-order valence-electron chi connectivity index (χ2n) is 4.97. The lowest BCUT2D eigenvalue weighted by molar-refractivity contribution is -0.384. The predicted octanol–water partition coefficient (Wildman–Crippen LogP) is 2.52. The highest BCUT2D eigenvalue weighted by molar-refractivity contribution is 5.98. The van der Waals surface area contributed by atoms with Crippen molar-refractivity contribution >= 4 is 28.8 Å². The van der Waals surface area contributed by atoms with Crippen LogP contribution in [0.25, 0.3) is 11.0 Å². The van der Waals surface area contributed by atoms with E-state index in [2.05, 4.69) is 10.5 Å². The van der Waals surface area contributed by atoms with E-state index in [0.717, 1.165) is 6.21 Å². The van der Waals surface area contributed by atoms with Crippen molar-refractivity contribution in [2.45, 2.75) is 0 Å². The standard InChI is InChI=1S/C16H11N3O6/c20-12-4-2-1-3-10(12)16(22)18-17-8-14-15(21)11-7-9(19(23)24)5-6-13(11)25-14/h1-8,20-21H,(H,18,22)/b17-8+. The molecule has 1 heterocycles. The van der Waals surface area contributed by atoms with E-state index in [1.165, 1.54) is 30.3 Å². The molecule has 0 aliphatic rings. The number of hydrogen-bond donors (Lipinski definition) is 3. The van der Waals surface area contributed by atoms with Gasteiger partial charge in [-0.3, -0.25) is 14.9 Å². The van der Waals surface area contributed by atoms with Crippen molar-refractivity contribution in [3.05, 3.63) is 63.9 Å². The fraction of sp³-hybridized carbons (Fsp3) is 0. The van der Waals surface area contributed by atoms with E-state index in [1.807, 2.05) is 0 Å². The summed E-state index contributed by atoms with van der Waals surface area (Å²) in [5.41, 5.74) is 2.25. The monoisotopic (exact) mass is 341 g/mol. The van der Waals surface area contributed by atoms with Crippen LogP contribution in [0.5, 0.6) is 11.5 Å². The lowest BCUT2D eigenvalue weighted by Crippen LogP contribution is -2.17. The first-order valence-electron chi connectivity index (χ1n) is 6.98. The highest BCUT2D eigenvalue weighted by atomic mass is 16.6. The van der Waals surface area contributed by atoms with Gasteiger partial charge in [0.25, 0.3) is 11.6 Å². The maximum absolute atomic E-state index is 11.9. The topological polar surface area (TPSA) is 138 Å². The Hall–Kier alpha value is -3.88. The Kier molecular flexibility index (Phi) is 4.04. The number of nitrogens with one attached hydrogen (secondary N) is 1. The fourth-order valence-corrected chi connectivity index (χ4v) is 2.17. The Balaban J connectivity index is 1.82. The molecule has 0 fully saturated rings. The molecule has 9 heteroatoms. The number of hydrazone groups is 1. The van der Waals surface area contributed by atoms with Crippen LogP contribution >= 0.6 is 0 Å². The number of amides is 1. The van der Waals surface area contributed by atoms with Gasteiger partial charge in [0.2, 0.25) is 0 Å². The molecular weight excluding hydrogens is 330 g/mol. The highest BCUT2D eigenvalue weighted by Crippen LogP contribution is 2.33. The average Bonchev–Trinajstić information content (AvgIpc) is 2.91. The SMILES string of the molecule is O=C(N/N=C/c1oc2ccc([N+](=O)[O-])cc2c1O)c1ccccc1O. The number of carbonyl (C=O) groups excluding carboxylic acids is 1. The van der Waals surface area contributed by atoms with Gasteiger partial charge in [-0.15, -0.1) is 0 Å². The molecule has 1 amide bonds. The first kappa shape index (κ1) is 16.0. The van der Waals surface area contributed by atoms with Crippen LogP contribution in [0.2, 0.25) is 0 Å². The van der Waals surface area contributed by atoms with Gasteiger partial charge in [0.05, 0.1) is 22.1 Å². The maximum Gasteiger partial charge on any atom is 0.275 e. The number of furan rings is 1. The molecule has 0 spiro atoms. The van der Waals surface area contributed by atoms with Gasteiger partial charge in [-0.25, -0.2) is 5.43 Å². The van der Waals surface area contributed by atoms with E-state index in [0.29, 0.717) is 0 Å². The number of phenolic OH excluding ortho intramolecular Hbond substituents is 1. The zero-order valence-corrected chi connectivity index (χ0v) is 12.5. The molecule has 0 aliphatic heterocycles. The van der Waals surface area contributed by atoms with E-state index >= 15 is 0 Å². The first-order valence-corrected chi connectivity index (χ1v) is 6.98. The highest BCUT2D eigenvalue weighted by Gasteiger charge is 2.16. The third-order valence-corrected chi connectivity index (χ3v) is 3.38. The summed E-state index contributed by atoms with van der Waals surface area (Å²) in [6.07, 6.45) is 1.05. The van der Waals surface area contributed by atoms with Gasteiger partial charge in [0, 0.05) is 12.1 Å². The normalized spacial score (nSPS) is 11.0. The fourth-order valence-electron chi connectivity index (χ4n) is 2.17. The van der Waals surface area contributed by atoms with Gasteiger partial charge in [-0.1, -0.05) is 12.1 Å². The molecule has 2 aromatic carbocycles. The minimum absolute atomic E-state index is 0.0316. The number of nitrogens with zero attached hydrogens (tertiary/aromatic N) is 2. The van der Waals surface area contributed by atoms with Crippen LogP contribution in [-0.2, 0) is 0 Å². The van der Waals surface area contributed by atoms with Crippen LogP contribution in [0.4, 0.5) is 5.69 Å². The number of carbonyl (C=O) groups is 1. The van der Waals surface area contributed by atoms with Crippen molar-refractivity contribution in [3.8, 4) is 11.5 Å². The van der Waals surface area contributed by atoms with Crippen molar-refractivity contribution in [3.63, 3.8) is 0 Å². The molecule has 0 aliphatic carbocycles. The third kappa shape index (κ3) is 3.11. The molecule has 126 valence electrons. The largest absolute Gasteiger partial charge is 0.507 e. The molecule has 0 saturated heterocycles. The number of fused-ring (bicyclic) bond motifs is 1. The predicted molar refractivity (Wildman–Crippen MR) is 87.7 cm³/mol. The van der Waals surface area contributed by atoms with Crippen LogP contribution in [0.1, 0.15) is 16.1 Å². The number of nitro groups is 1. The van der Waals surface area contributed by atoms with Crippen molar-refractivity contribution < 1.29 is 24.3 Å². The molecule has 25 heavy (non-hydrogen) atoms. The third-order valence-electron chi connectivity index (χ3n) is 3.38. The summed E-state index contributed by atoms with van der Waals surface area (Å²) in [7, 11) is 0. The smallest absolute Gasteiger partial charge is 0.275 e. The molecular formula is C16H11N3O6. The average molecular weight is 341 g/mol. The van der Waals surface area contributed by atoms with Gasteiger partial charge in [0.15, 0.2) is 11.5 Å². The first-order chi connectivity index (χ1) is 12.0. The number of para-hydroxylation sites is 1. The van der Waals surface area contributed by atoms with Crippen LogP contribution in [0, 0.1) is 10.1 Å². The van der Waals surface area contributed by atoms with Gasteiger partial charge < -0.3 is 14.6 Å². The summed E-state index contributed by atoms with van der Waals surface area (Å²) in [4.78, 5) is 22.1. The van der Waals surface area contributed by atoms with Crippen molar-refractivity contribution in [2.75, 3.05) is 0 Å². The van der Waals surface area contributed by atoms with Crippen molar-refractivity contribution in [2.24, 2.45) is 5.10 Å². The van der Waals surface area contributed by atoms with Crippen LogP contribution < -0.4 is 5.43 Å². The zero-order valence-electron chi connectivity index (χ0n) is 12.5. The van der Waals surface area contributed by atoms with Gasteiger partial charge in [-0.2, -0.15) is 5.10 Å². The maximum atomic E-state index is 11.9. The Labute approximate surface area is 140 Å². The Morgan fingerprint density at radius 1 is 1.24 bits per heavy atom. The zero-order chi connectivity index (χ0) is 18.0. The summed E-state index contributed by atoms with van der Waals surface area (Å²) in [6, 6.07) is 9.69. The molecule has 0 saturated carbocycles. The van der Waals surface area contributed by atoms with E-state index in [4.69, 9.17) is 4.42 Å². The number of hydrogen-bond acceptors (Lipinski definition) is 7. The van der Waals surface area contributed by atoms with E-state index in [1.54, 1.807) is 12.1 Å². The minimum Gasteiger partial charge on any atom is -0.507 e. The van der Waals surface area contributed by atoms with Crippen LogP contribution in [0.15, 0.2) is 52.0 Å². The lowest BCUT2D eigenvalue weighted by atomic mass is 10.2. The number of non-ortho nitro benzene ring substituents is 1. The number of benzene rings is 2. The molecule has 3 N–H and O–H groups in total. The van der Waals surface area contributed by atoms with E-state index in [-0.39, 0.29) is 39.5 Å². The molecule has 9 nitrogen and oxygen atoms in total. The number of phenols is 1. The van der Waals surface area contributed by atoms with Crippen molar-refractivity contribution in [1.82, 2.24) is 5.43 Å². The molecule has 0 bridgehead atoms. The van der Waals surface area contributed by atoms with Gasteiger partial charge >= 0.3 is 0 Å². The lowest BCUT2D eigenvalue weighted by Gasteiger charge is -2.01. The minimum atomic E-state index is -0.652. The van der Waals surface area contributed by atoms with Gasteiger partial charge in [-0.05, 0) is 18.2 Å². The number of aromatic hydroxyl groups is 2. The molecule has 3 rings (SSSR count). The number of rotatable bonds is 4.